The second-order valence-electron chi connectivity index (χ2n) is 5.13. The van der Waals surface area contributed by atoms with Crippen molar-refractivity contribution in [3.63, 3.8) is 0 Å². The molecule has 0 aliphatic heterocycles. The van der Waals surface area contributed by atoms with E-state index in [-0.39, 0.29) is 0 Å². The summed E-state index contributed by atoms with van der Waals surface area (Å²) in [6, 6.07) is 15.4. The van der Waals surface area contributed by atoms with Crippen molar-refractivity contribution in [3.05, 3.63) is 48.0 Å². The van der Waals surface area contributed by atoms with Gasteiger partial charge in [-0.05, 0) is 41.0 Å². The summed E-state index contributed by atoms with van der Waals surface area (Å²) in [5.74, 6) is 0. The molecule has 15 heavy (non-hydrogen) atoms. The average molecular weight is 196 g/mol. The van der Waals surface area contributed by atoms with E-state index >= 15 is 0 Å². The molecule has 1 fully saturated rings. The zero-order valence-electron chi connectivity index (χ0n) is 9.16. The first-order valence-electron chi connectivity index (χ1n) is 5.74. The lowest BCUT2D eigenvalue weighted by Crippen LogP contribution is -1.99. The maximum absolute atomic E-state index is 2.40. The van der Waals surface area contributed by atoms with Crippen molar-refractivity contribution in [2.45, 2.75) is 26.2 Å². The maximum atomic E-state index is 2.40. The molecule has 1 saturated carbocycles. The Morgan fingerprint density at radius 1 is 1.00 bits per heavy atom. The van der Waals surface area contributed by atoms with Crippen molar-refractivity contribution in [2.24, 2.45) is 5.41 Å². The molecular formula is C15H16. The summed E-state index contributed by atoms with van der Waals surface area (Å²) < 4.78 is 0. The molecule has 0 heteroatoms. The lowest BCUT2D eigenvalue weighted by molar-refractivity contribution is 0.573. The molecule has 0 aromatic heterocycles. The van der Waals surface area contributed by atoms with E-state index in [9.17, 15) is 0 Å². The SMILES string of the molecule is CC1(Cc2cccc3ccccc23)CC1. The molecule has 3 rings (SSSR count). The summed E-state index contributed by atoms with van der Waals surface area (Å²) in [4.78, 5) is 0. The minimum Gasteiger partial charge on any atom is -0.0616 e. The van der Waals surface area contributed by atoms with Gasteiger partial charge in [-0.1, -0.05) is 49.4 Å². The van der Waals surface area contributed by atoms with Crippen LogP contribution in [-0.4, -0.2) is 0 Å². The Hall–Kier alpha value is -1.30. The lowest BCUT2D eigenvalue weighted by Gasteiger charge is -2.10. The van der Waals surface area contributed by atoms with Crippen LogP contribution in [-0.2, 0) is 6.42 Å². The van der Waals surface area contributed by atoms with Crippen LogP contribution in [0.5, 0.6) is 0 Å². The number of rotatable bonds is 2. The molecular weight excluding hydrogens is 180 g/mol. The number of hydrogen-bond donors (Lipinski definition) is 0. The number of fused-ring (bicyclic) bond motifs is 1. The van der Waals surface area contributed by atoms with Gasteiger partial charge in [0.25, 0.3) is 0 Å². The van der Waals surface area contributed by atoms with Crippen molar-refractivity contribution in [1.29, 1.82) is 0 Å². The molecule has 0 unspecified atom stereocenters. The Morgan fingerprint density at radius 2 is 1.73 bits per heavy atom. The second kappa shape index (κ2) is 3.10. The standard InChI is InChI=1S/C15H16/c1-15(9-10-15)11-13-7-4-6-12-5-2-3-8-14(12)13/h2-8H,9-11H2,1H3. The van der Waals surface area contributed by atoms with Gasteiger partial charge in [0.15, 0.2) is 0 Å². The molecule has 0 bridgehead atoms. The topological polar surface area (TPSA) is 0 Å². The fourth-order valence-electron chi connectivity index (χ4n) is 2.30. The van der Waals surface area contributed by atoms with Gasteiger partial charge in [0.2, 0.25) is 0 Å². The van der Waals surface area contributed by atoms with Crippen molar-refractivity contribution >= 4 is 10.8 Å². The first-order chi connectivity index (χ1) is 7.27. The van der Waals surface area contributed by atoms with Gasteiger partial charge in [-0.25, -0.2) is 0 Å². The minimum absolute atomic E-state index is 0.601. The maximum Gasteiger partial charge on any atom is -0.0152 e. The number of hydrogen-bond acceptors (Lipinski definition) is 0. The molecule has 0 N–H and O–H groups in total. The lowest BCUT2D eigenvalue weighted by atomic mass is 9.94. The van der Waals surface area contributed by atoms with Crippen LogP contribution in [0.1, 0.15) is 25.3 Å². The minimum atomic E-state index is 0.601. The van der Waals surface area contributed by atoms with Crippen LogP contribution in [0.15, 0.2) is 42.5 Å². The van der Waals surface area contributed by atoms with Gasteiger partial charge in [-0.2, -0.15) is 0 Å². The van der Waals surface area contributed by atoms with Crippen molar-refractivity contribution in [1.82, 2.24) is 0 Å². The highest BCUT2D eigenvalue weighted by Crippen LogP contribution is 2.48. The largest absolute Gasteiger partial charge is 0.0616 e. The normalized spacial score (nSPS) is 17.9. The molecule has 0 saturated heterocycles. The zero-order chi connectivity index (χ0) is 10.3. The molecule has 0 amide bonds. The highest BCUT2D eigenvalue weighted by atomic mass is 14.4. The summed E-state index contributed by atoms with van der Waals surface area (Å²) in [7, 11) is 0. The van der Waals surface area contributed by atoms with Crippen LogP contribution in [0.3, 0.4) is 0 Å². The molecule has 0 radical (unpaired) electrons. The fourth-order valence-corrected chi connectivity index (χ4v) is 2.30. The molecule has 2 aromatic carbocycles. The summed E-state index contributed by atoms with van der Waals surface area (Å²) in [5, 5.41) is 2.81. The van der Waals surface area contributed by atoms with Crippen molar-refractivity contribution in [2.75, 3.05) is 0 Å². The molecule has 1 aliphatic carbocycles. The van der Waals surface area contributed by atoms with Crippen LogP contribution in [0.25, 0.3) is 10.8 Å². The summed E-state index contributed by atoms with van der Waals surface area (Å²) in [6.07, 6.45) is 4.04. The highest BCUT2D eigenvalue weighted by molar-refractivity contribution is 5.85. The molecule has 0 nitrogen and oxygen atoms in total. The Labute approximate surface area is 90.9 Å². The molecule has 0 heterocycles. The Balaban J connectivity index is 2.09. The predicted octanol–water partition coefficient (Wildman–Crippen LogP) is 4.18. The molecule has 76 valence electrons. The summed E-state index contributed by atoms with van der Waals surface area (Å²) in [5.41, 5.74) is 2.12. The zero-order valence-corrected chi connectivity index (χ0v) is 9.16. The Kier molecular flexibility index (Phi) is 1.85. The molecule has 1 aliphatic rings. The quantitative estimate of drug-likeness (QED) is 0.676. The van der Waals surface area contributed by atoms with Gasteiger partial charge in [0.1, 0.15) is 0 Å². The predicted molar refractivity (Wildman–Crippen MR) is 65.0 cm³/mol. The van der Waals surface area contributed by atoms with Crippen molar-refractivity contribution < 1.29 is 0 Å². The van der Waals surface area contributed by atoms with Crippen LogP contribution in [0.4, 0.5) is 0 Å². The van der Waals surface area contributed by atoms with E-state index in [0.29, 0.717) is 5.41 Å². The van der Waals surface area contributed by atoms with E-state index in [1.807, 2.05) is 0 Å². The van der Waals surface area contributed by atoms with E-state index in [1.54, 1.807) is 0 Å². The third kappa shape index (κ3) is 1.65. The van der Waals surface area contributed by atoms with E-state index in [0.717, 1.165) is 0 Å². The molecule has 2 aromatic rings. The second-order valence-corrected chi connectivity index (χ2v) is 5.13. The van der Waals surface area contributed by atoms with Crippen LogP contribution in [0.2, 0.25) is 0 Å². The van der Waals surface area contributed by atoms with Crippen LogP contribution in [0, 0.1) is 5.41 Å². The molecule has 0 spiro atoms. The smallest absolute Gasteiger partial charge is 0.0152 e. The first-order valence-corrected chi connectivity index (χ1v) is 5.74. The first kappa shape index (κ1) is 8.96. The van der Waals surface area contributed by atoms with Crippen LogP contribution < -0.4 is 0 Å². The summed E-state index contributed by atoms with van der Waals surface area (Å²) in [6.45, 7) is 2.40. The van der Waals surface area contributed by atoms with E-state index in [1.165, 1.54) is 35.6 Å². The monoisotopic (exact) mass is 196 g/mol. The van der Waals surface area contributed by atoms with Crippen molar-refractivity contribution in [3.8, 4) is 0 Å². The Morgan fingerprint density at radius 3 is 2.53 bits per heavy atom. The third-order valence-electron chi connectivity index (χ3n) is 3.60. The van der Waals surface area contributed by atoms with Gasteiger partial charge < -0.3 is 0 Å². The van der Waals surface area contributed by atoms with E-state index in [4.69, 9.17) is 0 Å². The number of benzene rings is 2. The van der Waals surface area contributed by atoms with E-state index < -0.39 is 0 Å². The Bertz CT molecular complexity index is 487. The summed E-state index contributed by atoms with van der Waals surface area (Å²) >= 11 is 0. The third-order valence-corrected chi connectivity index (χ3v) is 3.60. The van der Waals surface area contributed by atoms with Crippen LogP contribution >= 0.6 is 0 Å². The molecule has 0 atom stereocenters. The van der Waals surface area contributed by atoms with Gasteiger partial charge in [0.05, 0.1) is 0 Å². The van der Waals surface area contributed by atoms with Gasteiger partial charge in [-0.15, -0.1) is 0 Å². The fraction of sp³-hybridized carbons (Fsp3) is 0.333. The van der Waals surface area contributed by atoms with Gasteiger partial charge >= 0.3 is 0 Å². The van der Waals surface area contributed by atoms with Gasteiger partial charge in [-0.3, -0.25) is 0 Å². The van der Waals surface area contributed by atoms with E-state index in [2.05, 4.69) is 49.4 Å². The average Bonchev–Trinajstić information content (AvgIpc) is 2.97. The highest BCUT2D eigenvalue weighted by Gasteiger charge is 2.37. The van der Waals surface area contributed by atoms with Gasteiger partial charge in [0, 0.05) is 0 Å².